The molecule has 0 unspecified atom stereocenters. The smallest absolute Gasteiger partial charge is 0.355 e. The van der Waals surface area contributed by atoms with Crippen LogP contribution in [-0.4, -0.2) is 29.5 Å². The van der Waals surface area contributed by atoms with Crippen molar-refractivity contribution in [2.24, 2.45) is 0 Å². The fraction of sp³-hybridized carbons (Fsp3) is 0.280. The molecule has 1 atom stereocenters. The minimum Gasteiger partial charge on any atom is -0.484 e. The van der Waals surface area contributed by atoms with Gasteiger partial charge in [0.25, 0.3) is 10.0 Å². The number of aromatic nitrogens is 3. The van der Waals surface area contributed by atoms with Crippen molar-refractivity contribution in [2.75, 3.05) is 10.0 Å². The van der Waals surface area contributed by atoms with Crippen molar-refractivity contribution in [2.45, 2.75) is 45.0 Å². The van der Waals surface area contributed by atoms with Crippen LogP contribution in [0.4, 0.5) is 30.6 Å². The van der Waals surface area contributed by atoms with Crippen LogP contribution in [0.1, 0.15) is 45.1 Å². The van der Waals surface area contributed by atoms with E-state index in [2.05, 4.69) is 20.7 Å². The van der Waals surface area contributed by atoms with Gasteiger partial charge in [-0.1, -0.05) is 44.1 Å². The van der Waals surface area contributed by atoms with E-state index in [9.17, 15) is 21.6 Å². The van der Waals surface area contributed by atoms with E-state index in [1.165, 1.54) is 42.5 Å². The number of anilines is 3. The first-order chi connectivity index (χ1) is 17.8. The number of alkyl halides is 2. The average Bonchev–Trinajstić information content (AvgIpc) is 3.50. The lowest BCUT2D eigenvalue weighted by Crippen LogP contribution is -2.21. The van der Waals surface area contributed by atoms with Gasteiger partial charge >= 0.3 is 5.76 Å². The Balaban J connectivity index is 1.62. The predicted octanol–water partition coefficient (Wildman–Crippen LogP) is 6.35. The molecular weight excluding hydrogens is 523 g/mol. The van der Waals surface area contributed by atoms with E-state index < -0.39 is 27.7 Å². The summed E-state index contributed by atoms with van der Waals surface area (Å²) in [5.41, 5.74) is 2.02. The van der Waals surface area contributed by atoms with Crippen LogP contribution in [-0.2, 0) is 15.4 Å². The topological polar surface area (TPSA) is 122 Å². The van der Waals surface area contributed by atoms with Gasteiger partial charge in [-0.05, 0) is 36.8 Å². The summed E-state index contributed by atoms with van der Waals surface area (Å²) in [5.74, 6) is -3.28. The summed E-state index contributed by atoms with van der Waals surface area (Å²) in [5, 5.41) is 14.1. The Morgan fingerprint density at radius 2 is 1.76 bits per heavy atom. The van der Waals surface area contributed by atoms with E-state index >= 15 is 0 Å². The van der Waals surface area contributed by atoms with E-state index in [1.54, 1.807) is 19.1 Å². The monoisotopic (exact) mass is 549 g/mol. The lowest BCUT2D eigenvalue weighted by Gasteiger charge is -2.19. The molecule has 2 aromatic heterocycles. The van der Waals surface area contributed by atoms with Crippen LogP contribution in [0.15, 0.2) is 59.1 Å². The molecule has 9 nitrogen and oxygen atoms in total. The predicted molar refractivity (Wildman–Crippen MR) is 136 cm³/mol. The van der Waals surface area contributed by atoms with Gasteiger partial charge in [-0.2, -0.15) is 13.9 Å². The van der Waals surface area contributed by atoms with E-state index in [0.717, 1.165) is 5.69 Å². The Morgan fingerprint density at radius 1 is 1.05 bits per heavy atom. The van der Waals surface area contributed by atoms with E-state index in [-0.39, 0.29) is 16.9 Å². The number of H-pyrrole nitrogens is 1. The second-order valence-electron chi connectivity index (χ2n) is 9.55. The lowest BCUT2D eigenvalue weighted by atomic mass is 9.92. The molecule has 202 valence electrons. The van der Waals surface area contributed by atoms with Gasteiger partial charge in [0.1, 0.15) is 17.7 Å². The van der Waals surface area contributed by atoms with Crippen molar-refractivity contribution in [3.8, 4) is 17.0 Å². The van der Waals surface area contributed by atoms with E-state index in [0.29, 0.717) is 28.5 Å². The zero-order valence-electron chi connectivity index (χ0n) is 20.9. The zero-order chi connectivity index (χ0) is 27.7. The third-order valence-corrected chi connectivity index (χ3v) is 6.50. The van der Waals surface area contributed by atoms with Crippen molar-refractivity contribution in [3.63, 3.8) is 0 Å². The fourth-order valence-corrected chi connectivity index (χ4v) is 3.97. The lowest BCUT2D eigenvalue weighted by molar-refractivity contribution is 0.228. The highest BCUT2D eigenvalue weighted by Gasteiger charge is 2.26. The molecule has 13 heteroatoms. The molecule has 0 bridgehead atoms. The first-order valence-corrected chi connectivity index (χ1v) is 13.0. The van der Waals surface area contributed by atoms with Gasteiger partial charge in [0.15, 0.2) is 5.82 Å². The van der Waals surface area contributed by atoms with Gasteiger partial charge < -0.3 is 14.6 Å². The molecule has 38 heavy (non-hydrogen) atoms. The highest BCUT2D eigenvalue weighted by molar-refractivity contribution is 7.93. The van der Waals surface area contributed by atoms with Crippen LogP contribution in [0, 0.1) is 5.82 Å². The summed E-state index contributed by atoms with van der Waals surface area (Å²) in [6, 6.07) is 13.3. The number of aromatic amines is 1. The number of hydrogen-bond donors (Lipinski definition) is 3. The summed E-state index contributed by atoms with van der Waals surface area (Å²) in [6.45, 7) is 7.67. The van der Waals surface area contributed by atoms with Gasteiger partial charge in [0.05, 0.1) is 17.1 Å². The highest BCUT2D eigenvalue weighted by atomic mass is 32.2. The van der Waals surface area contributed by atoms with Crippen molar-refractivity contribution < 1.29 is 30.8 Å². The molecule has 0 saturated heterocycles. The Labute approximate surface area is 217 Å². The molecule has 4 aromatic rings. The van der Waals surface area contributed by atoms with E-state index in [4.69, 9.17) is 9.26 Å². The Morgan fingerprint density at radius 3 is 2.39 bits per heavy atom. The normalized spacial score (nSPS) is 12.9. The van der Waals surface area contributed by atoms with Crippen molar-refractivity contribution in [1.82, 2.24) is 15.4 Å². The number of nitrogens with one attached hydrogen (secondary N) is 3. The number of rotatable bonds is 9. The number of nitrogens with zero attached hydrogens (tertiary/aromatic N) is 2. The first-order valence-electron chi connectivity index (χ1n) is 11.5. The molecular formula is C25H26F3N5O4S. The standard InChI is InChI=1S/C25H26F3N5O4S/c1-14(15-5-8-17(26)9-6-15)36-20-11-16(7-10-18(20)33-38(34,35)24(27)28)19-12-22(31-30-19)29-23-13-21(32-37-23)25(2,3)4/h5-14,24,33H,1-4H3,(H2,29,30,31)/t14-/m0/s1. The van der Waals surface area contributed by atoms with Gasteiger partial charge in [-0.3, -0.25) is 9.82 Å². The van der Waals surface area contributed by atoms with Crippen LogP contribution in [0.25, 0.3) is 11.3 Å². The van der Waals surface area contributed by atoms with Crippen LogP contribution in [0.3, 0.4) is 0 Å². The molecule has 0 fully saturated rings. The number of benzene rings is 2. The molecule has 2 heterocycles. The van der Waals surface area contributed by atoms with Gasteiger partial charge in [0, 0.05) is 23.1 Å². The number of ether oxygens (including phenoxy) is 1. The summed E-state index contributed by atoms with van der Waals surface area (Å²) < 4.78 is 76.2. The molecule has 0 aliphatic rings. The van der Waals surface area contributed by atoms with Crippen molar-refractivity contribution >= 4 is 27.4 Å². The maximum atomic E-state index is 13.3. The Bertz CT molecular complexity index is 1510. The summed E-state index contributed by atoms with van der Waals surface area (Å²) >= 11 is 0. The summed E-state index contributed by atoms with van der Waals surface area (Å²) in [4.78, 5) is 0. The van der Waals surface area contributed by atoms with Crippen molar-refractivity contribution in [3.05, 3.63) is 71.7 Å². The third-order valence-electron chi connectivity index (χ3n) is 5.53. The molecule has 0 saturated carbocycles. The van der Waals surface area contributed by atoms with Crippen LogP contribution in [0.5, 0.6) is 5.75 Å². The summed E-state index contributed by atoms with van der Waals surface area (Å²) in [6.07, 6.45) is -0.664. The highest BCUT2D eigenvalue weighted by Crippen LogP contribution is 2.35. The summed E-state index contributed by atoms with van der Waals surface area (Å²) in [7, 11) is -4.96. The fourth-order valence-electron chi connectivity index (χ4n) is 3.41. The molecule has 0 amide bonds. The first kappa shape index (κ1) is 27.0. The maximum absolute atomic E-state index is 13.3. The average molecular weight is 550 g/mol. The molecule has 0 spiro atoms. The quantitative estimate of drug-likeness (QED) is 0.222. The second kappa shape index (κ2) is 10.4. The van der Waals surface area contributed by atoms with Gasteiger partial charge in [-0.15, -0.1) is 0 Å². The number of halogens is 3. The van der Waals surface area contributed by atoms with Gasteiger partial charge in [-0.25, -0.2) is 12.8 Å². The van der Waals surface area contributed by atoms with Crippen LogP contribution in [0.2, 0.25) is 0 Å². The maximum Gasteiger partial charge on any atom is 0.355 e. The largest absolute Gasteiger partial charge is 0.484 e. The number of hydrogen-bond acceptors (Lipinski definition) is 7. The zero-order valence-corrected chi connectivity index (χ0v) is 21.7. The Kier molecular flexibility index (Phi) is 7.40. The Hall–Kier alpha value is -4.00. The van der Waals surface area contributed by atoms with E-state index in [1.807, 2.05) is 25.5 Å². The minimum atomic E-state index is -4.96. The molecule has 0 radical (unpaired) electrons. The molecule has 2 aromatic carbocycles. The third kappa shape index (κ3) is 6.28. The van der Waals surface area contributed by atoms with Crippen LogP contribution < -0.4 is 14.8 Å². The molecule has 4 rings (SSSR count). The molecule has 3 N–H and O–H groups in total. The SMILES string of the molecule is C[C@H](Oc1cc(-c2cc(Nc3cc(C(C)(C)C)no3)n[nH]2)ccc1NS(=O)(=O)C(F)F)c1ccc(F)cc1. The molecule has 0 aliphatic carbocycles. The number of sulfonamides is 1. The second-order valence-corrected chi connectivity index (χ2v) is 11.2. The van der Waals surface area contributed by atoms with Crippen molar-refractivity contribution in [1.29, 1.82) is 0 Å². The molecule has 0 aliphatic heterocycles. The minimum absolute atomic E-state index is 0.0160. The van der Waals surface area contributed by atoms with Crippen LogP contribution >= 0.6 is 0 Å². The van der Waals surface area contributed by atoms with Gasteiger partial charge in [0.2, 0.25) is 5.88 Å².